The third-order valence-electron chi connectivity index (χ3n) is 7.71. The van der Waals surface area contributed by atoms with E-state index in [4.69, 9.17) is 10.00 Å². The zero-order valence-electron chi connectivity index (χ0n) is 24.1. The van der Waals surface area contributed by atoms with Gasteiger partial charge in [-0.3, -0.25) is 14.2 Å². The number of esters is 1. The van der Waals surface area contributed by atoms with E-state index in [9.17, 15) is 9.59 Å². The molecule has 1 saturated heterocycles. The summed E-state index contributed by atoms with van der Waals surface area (Å²) in [7, 11) is 1.94. The molecule has 1 unspecified atom stereocenters. The Kier molecular flexibility index (Phi) is 9.30. The van der Waals surface area contributed by atoms with Gasteiger partial charge in [0.15, 0.2) is 12.4 Å². The van der Waals surface area contributed by atoms with Gasteiger partial charge in [0, 0.05) is 25.2 Å². The van der Waals surface area contributed by atoms with E-state index in [0.717, 1.165) is 29.6 Å². The van der Waals surface area contributed by atoms with Crippen molar-refractivity contribution in [3.63, 3.8) is 0 Å². The van der Waals surface area contributed by atoms with Gasteiger partial charge in [-0.05, 0) is 53.8 Å². The Balaban J connectivity index is 1.45. The van der Waals surface area contributed by atoms with Crippen LogP contribution in [0.3, 0.4) is 0 Å². The molecular weight excluding hydrogens is 504 g/mol. The van der Waals surface area contributed by atoms with Crippen LogP contribution in [0.1, 0.15) is 57.6 Å². The third kappa shape index (κ3) is 6.74. The number of rotatable bonds is 9. The van der Waals surface area contributed by atoms with Gasteiger partial charge >= 0.3 is 11.8 Å². The van der Waals surface area contributed by atoms with Gasteiger partial charge in [0.05, 0.1) is 25.2 Å². The number of piperidine rings is 1. The van der Waals surface area contributed by atoms with Gasteiger partial charge in [-0.15, -0.1) is 0 Å². The average molecular weight is 544 g/mol. The molecule has 2 aromatic heterocycles. The van der Waals surface area contributed by atoms with E-state index in [0.29, 0.717) is 30.6 Å². The number of fused-ring (bicyclic) bond motifs is 1. The highest BCUT2D eigenvalue weighted by atomic mass is 16.5. The smallest absolute Gasteiger partial charge is 0.335 e. The molecule has 4 rings (SSSR count). The van der Waals surface area contributed by atoms with Crippen LogP contribution < -0.4 is 0 Å². The molecule has 0 N–H and O–H groups in total. The summed E-state index contributed by atoms with van der Waals surface area (Å²) in [6.45, 7) is 9.74. The summed E-state index contributed by atoms with van der Waals surface area (Å²) in [5.74, 6) is 1.05. The van der Waals surface area contributed by atoms with Gasteiger partial charge in [-0.25, -0.2) is 4.58 Å². The molecule has 9 nitrogen and oxygen atoms in total. The zero-order chi connectivity index (χ0) is 28.8. The molecule has 1 aromatic carbocycles. The topological polar surface area (TPSA) is 104 Å². The van der Waals surface area contributed by atoms with E-state index in [1.807, 2.05) is 49.0 Å². The lowest BCUT2D eigenvalue weighted by molar-refractivity contribution is -0.405. The Hall–Kier alpha value is -4.06. The summed E-state index contributed by atoms with van der Waals surface area (Å²) in [4.78, 5) is 35.9. The first-order valence-electron chi connectivity index (χ1n) is 14.0. The second kappa shape index (κ2) is 12.9. The maximum Gasteiger partial charge on any atom is 0.335 e. The molecule has 0 aliphatic carbocycles. The fraction of sp³-hybridized carbons (Fsp3) is 0.484. The van der Waals surface area contributed by atoms with Crippen molar-refractivity contribution in [1.29, 1.82) is 5.26 Å². The first-order valence-corrected chi connectivity index (χ1v) is 14.0. The van der Waals surface area contributed by atoms with E-state index < -0.39 is 0 Å². The standard InChI is InChI=1S/C31H39N6O3/c1-21(2)16-24-6-8-25(9-7-24)23(4)31(39)40-20-37-15-12-27-29(33-19-34-30(27)37)35(5)17-26-18-36(14-11-22(26)3)28(38)10-13-32/h6-9,12,15,17,19,21-23,26H,10-11,14,16,18,20H2,1-5H3/q+1/b35-17-/t22-,23+,26?/m1/s1. The molecule has 0 spiro atoms. The Morgan fingerprint density at radius 3 is 2.65 bits per heavy atom. The van der Waals surface area contributed by atoms with Crippen molar-refractivity contribution >= 4 is 34.9 Å². The van der Waals surface area contributed by atoms with Crippen molar-refractivity contribution in [2.45, 2.75) is 59.6 Å². The van der Waals surface area contributed by atoms with Crippen molar-refractivity contribution in [3.8, 4) is 6.07 Å². The molecule has 0 saturated carbocycles. The summed E-state index contributed by atoms with van der Waals surface area (Å²) in [5, 5.41) is 9.74. The van der Waals surface area contributed by atoms with Crippen LogP contribution in [0.2, 0.25) is 0 Å². The number of ether oxygens (including phenoxy) is 1. The van der Waals surface area contributed by atoms with Gasteiger partial charge in [-0.2, -0.15) is 10.2 Å². The molecule has 1 aliphatic rings. The summed E-state index contributed by atoms with van der Waals surface area (Å²) in [6.07, 6.45) is 7.26. The lowest BCUT2D eigenvalue weighted by Gasteiger charge is -2.34. The Morgan fingerprint density at radius 2 is 1.95 bits per heavy atom. The first kappa shape index (κ1) is 28.9. The minimum absolute atomic E-state index is 0.0532. The second-order valence-electron chi connectivity index (χ2n) is 11.2. The summed E-state index contributed by atoms with van der Waals surface area (Å²) < 4.78 is 9.46. The molecule has 1 fully saturated rings. The second-order valence-corrected chi connectivity index (χ2v) is 11.2. The molecular formula is C31H39N6O3+. The van der Waals surface area contributed by atoms with Gasteiger partial charge in [-0.1, -0.05) is 45.0 Å². The van der Waals surface area contributed by atoms with E-state index in [-0.39, 0.29) is 36.9 Å². The van der Waals surface area contributed by atoms with Gasteiger partial charge < -0.3 is 9.64 Å². The highest BCUT2D eigenvalue weighted by Gasteiger charge is 2.29. The molecule has 40 heavy (non-hydrogen) atoms. The van der Waals surface area contributed by atoms with Crippen molar-refractivity contribution in [2.75, 3.05) is 20.1 Å². The normalized spacial score (nSPS) is 18.5. The first-order chi connectivity index (χ1) is 19.2. The number of hydrogen-bond donors (Lipinski definition) is 0. The quantitative estimate of drug-likeness (QED) is 0.221. The van der Waals surface area contributed by atoms with E-state index in [2.05, 4.69) is 49.1 Å². The lowest BCUT2D eigenvalue weighted by atomic mass is 9.87. The van der Waals surface area contributed by atoms with Crippen LogP contribution in [-0.2, 0) is 27.5 Å². The molecule has 1 aliphatic heterocycles. The van der Waals surface area contributed by atoms with Crippen LogP contribution in [0.15, 0.2) is 42.9 Å². The van der Waals surface area contributed by atoms with Crippen LogP contribution in [0.5, 0.6) is 0 Å². The number of carbonyl (C=O) groups is 2. The Morgan fingerprint density at radius 1 is 1.20 bits per heavy atom. The zero-order valence-corrected chi connectivity index (χ0v) is 24.1. The third-order valence-corrected chi connectivity index (χ3v) is 7.71. The number of nitrogens with zero attached hydrogens (tertiary/aromatic N) is 6. The van der Waals surface area contributed by atoms with Gasteiger partial charge in [0.25, 0.3) is 0 Å². The van der Waals surface area contributed by atoms with Crippen LogP contribution >= 0.6 is 0 Å². The molecule has 1 amide bonds. The largest absolute Gasteiger partial charge is 0.443 e. The van der Waals surface area contributed by atoms with Crippen LogP contribution in [0, 0.1) is 29.1 Å². The molecule has 9 heteroatoms. The fourth-order valence-electron chi connectivity index (χ4n) is 5.24. The average Bonchev–Trinajstić information content (AvgIpc) is 3.36. The Bertz CT molecular complexity index is 1420. The number of carbonyl (C=O) groups excluding carboxylic acids is 2. The van der Waals surface area contributed by atoms with Gasteiger partial charge in [0.1, 0.15) is 11.8 Å². The SMILES string of the molecule is CC(C)Cc1ccc([C@H](C)C(=O)OCn2ccc3c(/[N+](C)=C\C4CN(C(=O)CC#N)CC[C@H]4C)ncnc32)cc1. The minimum Gasteiger partial charge on any atom is -0.443 e. The number of aromatic nitrogens is 3. The van der Waals surface area contributed by atoms with E-state index in [1.165, 1.54) is 11.9 Å². The highest BCUT2D eigenvalue weighted by molar-refractivity contribution is 5.85. The van der Waals surface area contributed by atoms with Crippen LogP contribution in [-0.4, -0.2) is 62.2 Å². The lowest BCUT2D eigenvalue weighted by Crippen LogP contribution is -2.44. The molecule has 0 radical (unpaired) electrons. The molecule has 210 valence electrons. The van der Waals surface area contributed by atoms with E-state index >= 15 is 0 Å². The van der Waals surface area contributed by atoms with Crippen LogP contribution in [0.25, 0.3) is 11.0 Å². The fourth-order valence-corrected chi connectivity index (χ4v) is 5.24. The van der Waals surface area contributed by atoms with Crippen molar-refractivity contribution < 1.29 is 18.9 Å². The summed E-state index contributed by atoms with van der Waals surface area (Å²) >= 11 is 0. The van der Waals surface area contributed by atoms with Crippen molar-refractivity contribution in [1.82, 2.24) is 19.4 Å². The molecule has 3 atom stereocenters. The predicted octanol–water partition coefficient (Wildman–Crippen LogP) is 4.68. The maximum absolute atomic E-state index is 12.9. The number of amides is 1. The molecule has 3 heterocycles. The predicted molar refractivity (Wildman–Crippen MR) is 153 cm³/mol. The molecule has 3 aromatic rings. The number of likely N-dealkylation sites (tertiary alicyclic amines) is 1. The summed E-state index contributed by atoms with van der Waals surface area (Å²) in [6, 6.07) is 12.1. The van der Waals surface area contributed by atoms with Gasteiger partial charge in [0.2, 0.25) is 12.2 Å². The number of benzene rings is 1. The summed E-state index contributed by atoms with van der Waals surface area (Å²) in [5.41, 5.74) is 2.87. The van der Waals surface area contributed by atoms with Crippen molar-refractivity contribution in [3.05, 3.63) is 54.0 Å². The van der Waals surface area contributed by atoms with Crippen LogP contribution in [0.4, 0.5) is 5.82 Å². The number of nitriles is 1. The van der Waals surface area contributed by atoms with E-state index in [1.54, 1.807) is 9.47 Å². The minimum atomic E-state index is -0.377. The van der Waals surface area contributed by atoms with Crippen molar-refractivity contribution in [2.24, 2.45) is 17.8 Å². The highest BCUT2D eigenvalue weighted by Crippen LogP contribution is 2.26. The Labute approximate surface area is 236 Å². The monoisotopic (exact) mass is 543 g/mol. The number of hydrogen-bond acceptors (Lipinski definition) is 6. The molecule has 0 bridgehead atoms. The maximum atomic E-state index is 12.9.